The Bertz CT molecular complexity index is 653. The maximum Gasteiger partial charge on any atom is 0.122 e. The highest BCUT2D eigenvalue weighted by molar-refractivity contribution is 5.60. The van der Waals surface area contributed by atoms with Crippen LogP contribution in [-0.2, 0) is 6.54 Å². The van der Waals surface area contributed by atoms with Gasteiger partial charge in [-0.05, 0) is 36.2 Å². The zero-order chi connectivity index (χ0) is 15.2. The standard InChI is InChI=1S/C17H18N2O2/c1-12-5-4-6-17(16(12)10-18)19-11-13-7-14(20-2)9-15(8-13)21-3/h4-9,19H,11H2,1-3H3. The fourth-order valence-electron chi connectivity index (χ4n) is 2.13. The Labute approximate surface area is 124 Å². The summed E-state index contributed by atoms with van der Waals surface area (Å²) in [5, 5.41) is 12.5. The number of hydrogen-bond donors (Lipinski definition) is 1. The first kappa shape index (κ1) is 14.7. The van der Waals surface area contributed by atoms with Crippen LogP contribution in [0.2, 0.25) is 0 Å². The van der Waals surface area contributed by atoms with Crippen LogP contribution in [-0.4, -0.2) is 14.2 Å². The van der Waals surface area contributed by atoms with Crippen molar-refractivity contribution in [2.24, 2.45) is 0 Å². The van der Waals surface area contributed by atoms with Crippen molar-refractivity contribution >= 4 is 5.69 Å². The molecule has 0 aromatic heterocycles. The second-order valence-corrected chi connectivity index (χ2v) is 4.68. The quantitative estimate of drug-likeness (QED) is 0.912. The first-order valence-corrected chi connectivity index (χ1v) is 6.63. The van der Waals surface area contributed by atoms with Gasteiger partial charge < -0.3 is 14.8 Å². The molecule has 0 aliphatic rings. The largest absolute Gasteiger partial charge is 0.497 e. The van der Waals surface area contributed by atoms with Crippen LogP contribution >= 0.6 is 0 Å². The van der Waals surface area contributed by atoms with Crippen molar-refractivity contribution in [3.05, 3.63) is 53.1 Å². The van der Waals surface area contributed by atoms with E-state index in [0.29, 0.717) is 12.1 Å². The van der Waals surface area contributed by atoms with E-state index in [1.165, 1.54) is 0 Å². The first-order chi connectivity index (χ1) is 10.2. The number of methoxy groups -OCH3 is 2. The molecule has 1 N–H and O–H groups in total. The van der Waals surface area contributed by atoms with Gasteiger partial charge in [-0.15, -0.1) is 0 Å². The molecule has 0 bridgehead atoms. The third-order valence-corrected chi connectivity index (χ3v) is 3.28. The minimum Gasteiger partial charge on any atom is -0.497 e. The third-order valence-electron chi connectivity index (χ3n) is 3.28. The zero-order valence-electron chi connectivity index (χ0n) is 12.4. The van der Waals surface area contributed by atoms with Crippen molar-refractivity contribution in [2.75, 3.05) is 19.5 Å². The van der Waals surface area contributed by atoms with E-state index in [2.05, 4.69) is 11.4 Å². The number of anilines is 1. The molecule has 0 atom stereocenters. The maximum absolute atomic E-state index is 9.23. The Hall–Kier alpha value is -2.67. The van der Waals surface area contributed by atoms with E-state index in [-0.39, 0.29) is 0 Å². The van der Waals surface area contributed by atoms with Gasteiger partial charge in [0.2, 0.25) is 0 Å². The van der Waals surface area contributed by atoms with Crippen LogP contribution in [0.25, 0.3) is 0 Å². The molecule has 2 rings (SSSR count). The first-order valence-electron chi connectivity index (χ1n) is 6.63. The fraction of sp³-hybridized carbons (Fsp3) is 0.235. The van der Waals surface area contributed by atoms with Crippen molar-refractivity contribution < 1.29 is 9.47 Å². The van der Waals surface area contributed by atoms with Crippen LogP contribution in [0.5, 0.6) is 11.5 Å². The van der Waals surface area contributed by atoms with Gasteiger partial charge in [-0.3, -0.25) is 0 Å². The molecule has 21 heavy (non-hydrogen) atoms. The van der Waals surface area contributed by atoms with Crippen LogP contribution in [0.1, 0.15) is 16.7 Å². The molecule has 108 valence electrons. The van der Waals surface area contributed by atoms with Crippen LogP contribution < -0.4 is 14.8 Å². The number of aryl methyl sites for hydroxylation is 1. The molecule has 4 heteroatoms. The topological polar surface area (TPSA) is 54.3 Å². The molecule has 0 fully saturated rings. The van der Waals surface area contributed by atoms with Gasteiger partial charge in [0.05, 0.1) is 25.5 Å². The van der Waals surface area contributed by atoms with Gasteiger partial charge >= 0.3 is 0 Å². The number of rotatable bonds is 5. The lowest BCUT2D eigenvalue weighted by Crippen LogP contribution is -2.03. The molecule has 0 heterocycles. The van der Waals surface area contributed by atoms with Gasteiger partial charge in [0.15, 0.2) is 0 Å². The molecule has 2 aromatic rings. The summed E-state index contributed by atoms with van der Waals surface area (Å²) in [6, 6.07) is 13.7. The highest BCUT2D eigenvalue weighted by atomic mass is 16.5. The fourth-order valence-corrected chi connectivity index (χ4v) is 2.13. The molecule has 0 aliphatic heterocycles. The molecule has 4 nitrogen and oxygen atoms in total. The third kappa shape index (κ3) is 3.46. The second-order valence-electron chi connectivity index (χ2n) is 4.68. The van der Waals surface area contributed by atoms with Gasteiger partial charge in [-0.25, -0.2) is 0 Å². The van der Waals surface area contributed by atoms with E-state index in [9.17, 15) is 5.26 Å². The van der Waals surface area contributed by atoms with E-state index >= 15 is 0 Å². The van der Waals surface area contributed by atoms with E-state index in [4.69, 9.17) is 9.47 Å². The SMILES string of the molecule is COc1cc(CNc2cccc(C)c2C#N)cc(OC)c1. The number of nitriles is 1. The molecule has 0 saturated heterocycles. The van der Waals surface area contributed by atoms with Crippen molar-refractivity contribution in [1.29, 1.82) is 5.26 Å². The molecule has 0 spiro atoms. The Morgan fingerprint density at radius 1 is 1.10 bits per heavy atom. The van der Waals surface area contributed by atoms with Gasteiger partial charge in [-0.2, -0.15) is 5.26 Å². The van der Waals surface area contributed by atoms with Gasteiger partial charge in [0, 0.05) is 12.6 Å². The van der Waals surface area contributed by atoms with Crippen molar-refractivity contribution in [3.63, 3.8) is 0 Å². The predicted molar refractivity (Wildman–Crippen MR) is 82.8 cm³/mol. The molecule has 0 saturated carbocycles. The smallest absolute Gasteiger partial charge is 0.122 e. The van der Waals surface area contributed by atoms with Crippen LogP contribution in [0.15, 0.2) is 36.4 Å². The van der Waals surface area contributed by atoms with E-state index in [0.717, 1.165) is 28.3 Å². The Morgan fingerprint density at radius 2 is 1.76 bits per heavy atom. The molecule has 0 unspecified atom stereocenters. The molecule has 0 aliphatic carbocycles. The zero-order valence-corrected chi connectivity index (χ0v) is 12.4. The van der Waals surface area contributed by atoms with Crippen molar-refractivity contribution in [3.8, 4) is 17.6 Å². The summed E-state index contributed by atoms with van der Waals surface area (Å²) in [4.78, 5) is 0. The number of nitrogens with zero attached hydrogens (tertiary/aromatic N) is 1. The minimum atomic E-state index is 0.589. The number of benzene rings is 2. The highest BCUT2D eigenvalue weighted by Crippen LogP contribution is 2.24. The molecular weight excluding hydrogens is 264 g/mol. The monoisotopic (exact) mass is 282 g/mol. The highest BCUT2D eigenvalue weighted by Gasteiger charge is 2.06. The van der Waals surface area contributed by atoms with Gasteiger partial charge in [-0.1, -0.05) is 12.1 Å². The van der Waals surface area contributed by atoms with Crippen LogP contribution in [0.4, 0.5) is 5.69 Å². The molecule has 0 amide bonds. The number of hydrogen-bond acceptors (Lipinski definition) is 4. The summed E-state index contributed by atoms with van der Waals surface area (Å²) in [5.41, 5.74) is 3.49. The van der Waals surface area contributed by atoms with E-state index in [1.807, 2.05) is 43.3 Å². The Balaban J connectivity index is 2.21. The second kappa shape index (κ2) is 6.67. The summed E-state index contributed by atoms with van der Waals surface area (Å²) in [6.07, 6.45) is 0. The summed E-state index contributed by atoms with van der Waals surface area (Å²) < 4.78 is 10.5. The number of nitrogens with one attached hydrogen (secondary N) is 1. The average Bonchev–Trinajstić information content (AvgIpc) is 2.52. The summed E-state index contributed by atoms with van der Waals surface area (Å²) in [6.45, 7) is 2.52. The average molecular weight is 282 g/mol. The van der Waals surface area contributed by atoms with Gasteiger partial charge in [0.25, 0.3) is 0 Å². The van der Waals surface area contributed by atoms with Crippen LogP contribution in [0, 0.1) is 18.3 Å². The lowest BCUT2D eigenvalue weighted by atomic mass is 10.1. The lowest BCUT2D eigenvalue weighted by molar-refractivity contribution is 0.393. The van der Waals surface area contributed by atoms with Crippen molar-refractivity contribution in [2.45, 2.75) is 13.5 Å². The normalized spacial score (nSPS) is 9.81. The maximum atomic E-state index is 9.23. The van der Waals surface area contributed by atoms with Gasteiger partial charge in [0.1, 0.15) is 17.6 Å². The van der Waals surface area contributed by atoms with Crippen LogP contribution in [0.3, 0.4) is 0 Å². The Morgan fingerprint density at radius 3 is 2.33 bits per heavy atom. The Kier molecular flexibility index (Phi) is 4.68. The molecule has 2 aromatic carbocycles. The number of ether oxygens (including phenoxy) is 2. The summed E-state index contributed by atoms with van der Waals surface area (Å²) in [5.74, 6) is 1.49. The van der Waals surface area contributed by atoms with E-state index in [1.54, 1.807) is 14.2 Å². The lowest BCUT2D eigenvalue weighted by Gasteiger charge is -2.12. The molecular formula is C17H18N2O2. The predicted octanol–water partition coefficient (Wildman–Crippen LogP) is 3.50. The summed E-state index contributed by atoms with van der Waals surface area (Å²) in [7, 11) is 3.25. The minimum absolute atomic E-state index is 0.589. The summed E-state index contributed by atoms with van der Waals surface area (Å²) >= 11 is 0. The molecule has 0 radical (unpaired) electrons. The van der Waals surface area contributed by atoms with E-state index < -0.39 is 0 Å². The van der Waals surface area contributed by atoms with Crippen molar-refractivity contribution in [1.82, 2.24) is 0 Å².